The van der Waals surface area contributed by atoms with Crippen LogP contribution in [0, 0.1) is 11.3 Å². The fourth-order valence-electron chi connectivity index (χ4n) is 1.81. The van der Waals surface area contributed by atoms with E-state index in [0.29, 0.717) is 12.2 Å². The molecule has 0 radical (unpaired) electrons. The standard InChI is InChI=1S/C15H14BrN3/c1-11(12-4-6-14(16)7-5-12)19-10-13-3-2-8-18-15(13)9-17/h2-8,11,19H,10H2,1H3/t11-/m0/s1. The molecule has 96 valence electrons. The maximum absolute atomic E-state index is 8.99. The third kappa shape index (κ3) is 3.63. The summed E-state index contributed by atoms with van der Waals surface area (Å²) in [6.07, 6.45) is 1.64. The molecule has 1 heterocycles. The minimum atomic E-state index is 0.222. The summed E-state index contributed by atoms with van der Waals surface area (Å²) in [4.78, 5) is 4.05. The molecule has 1 aromatic carbocycles. The molecule has 0 saturated heterocycles. The number of hydrogen-bond donors (Lipinski definition) is 1. The van der Waals surface area contributed by atoms with Crippen LogP contribution in [-0.4, -0.2) is 4.98 Å². The smallest absolute Gasteiger partial charge is 0.144 e. The van der Waals surface area contributed by atoms with Gasteiger partial charge in [0.15, 0.2) is 0 Å². The molecule has 1 aromatic heterocycles. The Bertz CT molecular complexity index is 587. The number of nitrogens with one attached hydrogen (secondary N) is 1. The van der Waals surface area contributed by atoms with E-state index in [1.54, 1.807) is 6.20 Å². The number of halogens is 1. The van der Waals surface area contributed by atoms with Crippen LogP contribution in [0.15, 0.2) is 47.1 Å². The first kappa shape index (κ1) is 13.7. The highest BCUT2D eigenvalue weighted by atomic mass is 79.9. The fraction of sp³-hybridized carbons (Fsp3) is 0.200. The van der Waals surface area contributed by atoms with Gasteiger partial charge in [0, 0.05) is 28.8 Å². The van der Waals surface area contributed by atoms with Crippen LogP contribution in [0.25, 0.3) is 0 Å². The summed E-state index contributed by atoms with van der Waals surface area (Å²) < 4.78 is 1.07. The van der Waals surface area contributed by atoms with Crippen molar-refractivity contribution in [3.63, 3.8) is 0 Å². The van der Waals surface area contributed by atoms with E-state index in [1.807, 2.05) is 24.3 Å². The van der Waals surface area contributed by atoms with Gasteiger partial charge in [-0.2, -0.15) is 5.26 Å². The van der Waals surface area contributed by atoms with Crippen LogP contribution in [0.4, 0.5) is 0 Å². The van der Waals surface area contributed by atoms with E-state index in [0.717, 1.165) is 10.0 Å². The molecular formula is C15H14BrN3. The normalized spacial score (nSPS) is 11.8. The van der Waals surface area contributed by atoms with Crippen LogP contribution in [0.1, 0.15) is 29.8 Å². The molecule has 0 bridgehead atoms. The maximum atomic E-state index is 8.99. The van der Waals surface area contributed by atoms with Gasteiger partial charge in [0.1, 0.15) is 11.8 Å². The van der Waals surface area contributed by atoms with Crippen molar-refractivity contribution >= 4 is 15.9 Å². The summed E-state index contributed by atoms with van der Waals surface area (Å²) in [5.41, 5.74) is 2.62. The molecule has 0 unspecified atom stereocenters. The average molecular weight is 316 g/mol. The average Bonchev–Trinajstić information content (AvgIpc) is 2.45. The molecule has 3 nitrogen and oxygen atoms in total. The maximum Gasteiger partial charge on any atom is 0.144 e. The minimum absolute atomic E-state index is 0.222. The summed E-state index contributed by atoms with van der Waals surface area (Å²) in [5.74, 6) is 0. The fourth-order valence-corrected chi connectivity index (χ4v) is 2.08. The van der Waals surface area contributed by atoms with E-state index >= 15 is 0 Å². The van der Waals surface area contributed by atoms with Gasteiger partial charge in [-0.25, -0.2) is 4.98 Å². The molecule has 0 aliphatic carbocycles. The molecule has 0 fully saturated rings. The zero-order chi connectivity index (χ0) is 13.7. The zero-order valence-electron chi connectivity index (χ0n) is 10.6. The monoisotopic (exact) mass is 315 g/mol. The van der Waals surface area contributed by atoms with Crippen LogP contribution in [0.2, 0.25) is 0 Å². The number of nitrogens with zero attached hydrogens (tertiary/aromatic N) is 2. The van der Waals surface area contributed by atoms with Gasteiger partial charge < -0.3 is 5.32 Å². The van der Waals surface area contributed by atoms with Crippen molar-refractivity contribution in [3.8, 4) is 6.07 Å². The van der Waals surface area contributed by atoms with Gasteiger partial charge in [-0.15, -0.1) is 0 Å². The van der Waals surface area contributed by atoms with E-state index < -0.39 is 0 Å². The molecule has 0 aliphatic heterocycles. The van der Waals surface area contributed by atoms with Gasteiger partial charge >= 0.3 is 0 Å². The Kier molecular flexibility index (Phi) is 4.67. The zero-order valence-corrected chi connectivity index (χ0v) is 12.2. The van der Waals surface area contributed by atoms with Crippen LogP contribution in [0.5, 0.6) is 0 Å². The first-order valence-corrected chi connectivity index (χ1v) is 6.83. The molecule has 1 N–H and O–H groups in total. The Morgan fingerprint density at radius 3 is 2.74 bits per heavy atom. The summed E-state index contributed by atoms with van der Waals surface area (Å²) in [5, 5.41) is 12.4. The van der Waals surface area contributed by atoms with Crippen LogP contribution in [0.3, 0.4) is 0 Å². The van der Waals surface area contributed by atoms with E-state index in [4.69, 9.17) is 5.26 Å². The van der Waals surface area contributed by atoms with Crippen molar-refractivity contribution in [2.75, 3.05) is 0 Å². The molecule has 2 rings (SSSR count). The summed E-state index contributed by atoms with van der Waals surface area (Å²) in [7, 11) is 0. The van der Waals surface area contributed by atoms with Gasteiger partial charge in [0.05, 0.1) is 0 Å². The number of hydrogen-bond acceptors (Lipinski definition) is 3. The van der Waals surface area contributed by atoms with Crippen LogP contribution < -0.4 is 5.32 Å². The lowest BCUT2D eigenvalue weighted by atomic mass is 10.1. The lowest BCUT2D eigenvalue weighted by Crippen LogP contribution is -2.18. The van der Waals surface area contributed by atoms with E-state index in [2.05, 4.69) is 51.4 Å². The van der Waals surface area contributed by atoms with E-state index in [1.165, 1.54) is 5.56 Å². The highest BCUT2D eigenvalue weighted by molar-refractivity contribution is 9.10. The van der Waals surface area contributed by atoms with Gasteiger partial charge in [0.25, 0.3) is 0 Å². The second kappa shape index (κ2) is 6.46. The summed E-state index contributed by atoms with van der Waals surface area (Å²) in [6.45, 7) is 2.74. The number of nitriles is 1. The molecular weight excluding hydrogens is 302 g/mol. The third-order valence-corrected chi connectivity index (χ3v) is 3.49. The minimum Gasteiger partial charge on any atom is -0.306 e. The molecule has 4 heteroatoms. The number of aromatic nitrogens is 1. The number of benzene rings is 1. The first-order valence-electron chi connectivity index (χ1n) is 6.03. The van der Waals surface area contributed by atoms with Crippen molar-refractivity contribution in [3.05, 3.63) is 63.9 Å². The lowest BCUT2D eigenvalue weighted by Gasteiger charge is -2.14. The Morgan fingerprint density at radius 2 is 2.05 bits per heavy atom. The van der Waals surface area contributed by atoms with Gasteiger partial charge in [-0.1, -0.05) is 34.1 Å². The topological polar surface area (TPSA) is 48.7 Å². The molecule has 0 aliphatic rings. The van der Waals surface area contributed by atoms with Crippen molar-refractivity contribution in [2.45, 2.75) is 19.5 Å². The Balaban J connectivity index is 2.02. The van der Waals surface area contributed by atoms with Crippen molar-refractivity contribution in [1.29, 1.82) is 5.26 Å². The van der Waals surface area contributed by atoms with E-state index in [9.17, 15) is 0 Å². The van der Waals surface area contributed by atoms with Crippen molar-refractivity contribution in [2.24, 2.45) is 0 Å². The molecule has 0 amide bonds. The van der Waals surface area contributed by atoms with Crippen molar-refractivity contribution in [1.82, 2.24) is 10.3 Å². The lowest BCUT2D eigenvalue weighted by molar-refractivity contribution is 0.573. The SMILES string of the molecule is C[C@H](NCc1cccnc1C#N)c1ccc(Br)cc1. The highest BCUT2D eigenvalue weighted by Crippen LogP contribution is 2.17. The Morgan fingerprint density at radius 1 is 1.32 bits per heavy atom. The quantitative estimate of drug-likeness (QED) is 0.938. The second-order valence-electron chi connectivity index (χ2n) is 4.28. The summed E-state index contributed by atoms with van der Waals surface area (Å²) in [6, 6.07) is 14.3. The Labute approximate surface area is 121 Å². The summed E-state index contributed by atoms with van der Waals surface area (Å²) >= 11 is 3.42. The first-order chi connectivity index (χ1) is 9.20. The van der Waals surface area contributed by atoms with Gasteiger partial charge in [0.2, 0.25) is 0 Å². The van der Waals surface area contributed by atoms with Gasteiger partial charge in [-0.3, -0.25) is 0 Å². The number of pyridine rings is 1. The predicted molar refractivity (Wildman–Crippen MR) is 78.3 cm³/mol. The number of rotatable bonds is 4. The molecule has 0 spiro atoms. The van der Waals surface area contributed by atoms with Gasteiger partial charge in [-0.05, 0) is 30.7 Å². The molecule has 2 aromatic rings. The molecule has 19 heavy (non-hydrogen) atoms. The molecule has 0 saturated carbocycles. The second-order valence-corrected chi connectivity index (χ2v) is 5.19. The highest BCUT2D eigenvalue weighted by Gasteiger charge is 2.07. The van der Waals surface area contributed by atoms with Crippen LogP contribution in [-0.2, 0) is 6.54 Å². The Hall–Kier alpha value is -1.70. The van der Waals surface area contributed by atoms with Crippen molar-refractivity contribution < 1.29 is 0 Å². The van der Waals surface area contributed by atoms with E-state index in [-0.39, 0.29) is 6.04 Å². The van der Waals surface area contributed by atoms with Crippen LogP contribution >= 0.6 is 15.9 Å². The largest absolute Gasteiger partial charge is 0.306 e. The third-order valence-electron chi connectivity index (χ3n) is 2.97. The molecule has 1 atom stereocenters. The predicted octanol–water partition coefficient (Wildman–Crippen LogP) is 3.57.